The Bertz CT molecular complexity index is 985. The van der Waals surface area contributed by atoms with Crippen LogP contribution in [0.3, 0.4) is 0 Å². The average Bonchev–Trinajstić information content (AvgIpc) is 3.36. The molecule has 1 aliphatic rings. The van der Waals surface area contributed by atoms with Crippen molar-refractivity contribution >= 4 is 28.8 Å². The van der Waals surface area contributed by atoms with Crippen molar-refractivity contribution in [1.29, 1.82) is 0 Å². The molecular weight excluding hydrogens is 410 g/mol. The summed E-state index contributed by atoms with van der Waals surface area (Å²) in [5.41, 5.74) is 2.28. The van der Waals surface area contributed by atoms with Crippen molar-refractivity contribution in [2.75, 3.05) is 38.2 Å². The third kappa shape index (κ3) is 5.79. The summed E-state index contributed by atoms with van der Waals surface area (Å²) in [5, 5.41) is 7.89. The maximum atomic E-state index is 13.0. The van der Waals surface area contributed by atoms with Crippen LogP contribution in [0.25, 0.3) is 0 Å². The van der Waals surface area contributed by atoms with Gasteiger partial charge >= 0.3 is 0 Å². The highest BCUT2D eigenvalue weighted by Crippen LogP contribution is 2.18. The number of hydrogen-bond donors (Lipinski definition) is 2. The van der Waals surface area contributed by atoms with E-state index in [-0.39, 0.29) is 17.9 Å². The number of carbonyl (C=O) groups excluding carboxylic acids is 2. The van der Waals surface area contributed by atoms with E-state index in [1.54, 1.807) is 30.3 Å². The molecular formula is C24H25N3O3S. The Morgan fingerprint density at radius 3 is 2.35 bits per heavy atom. The Morgan fingerprint density at radius 2 is 1.68 bits per heavy atom. The van der Waals surface area contributed by atoms with Crippen LogP contribution in [-0.4, -0.2) is 49.6 Å². The Hall–Kier alpha value is -3.00. The van der Waals surface area contributed by atoms with Crippen LogP contribution in [0.5, 0.6) is 0 Å². The lowest BCUT2D eigenvalue weighted by Crippen LogP contribution is -2.43. The first-order valence-corrected chi connectivity index (χ1v) is 11.2. The molecule has 2 heterocycles. The van der Waals surface area contributed by atoms with Gasteiger partial charge in [0, 0.05) is 30.9 Å². The van der Waals surface area contributed by atoms with Crippen LogP contribution in [0.1, 0.15) is 31.6 Å². The Kier molecular flexibility index (Phi) is 7.09. The van der Waals surface area contributed by atoms with Crippen molar-refractivity contribution in [3.05, 3.63) is 88.1 Å². The maximum Gasteiger partial charge on any atom is 0.265 e. The minimum atomic E-state index is -0.151. The summed E-state index contributed by atoms with van der Waals surface area (Å²) < 4.78 is 5.44. The molecule has 2 aromatic carbocycles. The second kappa shape index (κ2) is 10.3. The summed E-state index contributed by atoms with van der Waals surface area (Å²) in [6.07, 6.45) is 0. The van der Waals surface area contributed by atoms with Crippen molar-refractivity contribution in [3.8, 4) is 0 Å². The van der Waals surface area contributed by atoms with Crippen LogP contribution in [0.2, 0.25) is 0 Å². The first-order chi connectivity index (χ1) is 15.2. The van der Waals surface area contributed by atoms with Gasteiger partial charge in [-0.3, -0.25) is 14.5 Å². The molecule has 7 heteroatoms. The van der Waals surface area contributed by atoms with E-state index >= 15 is 0 Å². The van der Waals surface area contributed by atoms with E-state index in [0.29, 0.717) is 29.3 Å². The predicted octanol–water partition coefficient (Wildman–Crippen LogP) is 3.80. The number of nitrogens with one attached hydrogen (secondary N) is 2. The number of anilines is 1. The van der Waals surface area contributed by atoms with Gasteiger partial charge in [0.2, 0.25) is 0 Å². The molecule has 1 fully saturated rings. The van der Waals surface area contributed by atoms with Crippen LogP contribution >= 0.6 is 11.3 Å². The van der Waals surface area contributed by atoms with E-state index in [9.17, 15) is 9.59 Å². The molecule has 1 atom stereocenters. The SMILES string of the molecule is O=C(NC(CN1CCOCC1)c1ccccc1)c1ccc(NC(=O)c2cccs2)cc1. The van der Waals surface area contributed by atoms with E-state index in [1.165, 1.54) is 11.3 Å². The van der Waals surface area contributed by atoms with Gasteiger partial charge in [0.05, 0.1) is 24.1 Å². The quantitative estimate of drug-likeness (QED) is 0.592. The van der Waals surface area contributed by atoms with Gasteiger partial charge in [0.1, 0.15) is 0 Å². The van der Waals surface area contributed by atoms with Crippen LogP contribution in [0, 0.1) is 0 Å². The summed E-state index contributed by atoms with van der Waals surface area (Å²) in [6, 6.07) is 20.5. The van der Waals surface area contributed by atoms with E-state index in [0.717, 1.165) is 25.2 Å². The zero-order valence-corrected chi connectivity index (χ0v) is 17.9. The summed E-state index contributed by atoms with van der Waals surface area (Å²) in [4.78, 5) is 28.1. The van der Waals surface area contributed by atoms with Gasteiger partial charge in [-0.05, 0) is 41.3 Å². The van der Waals surface area contributed by atoms with Gasteiger partial charge in [0.15, 0.2) is 0 Å². The second-order valence-electron chi connectivity index (χ2n) is 7.36. The first-order valence-electron chi connectivity index (χ1n) is 10.3. The third-order valence-corrected chi connectivity index (χ3v) is 6.07. The van der Waals surface area contributed by atoms with Crippen LogP contribution in [-0.2, 0) is 4.74 Å². The molecule has 1 saturated heterocycles. The van der Waals surface area contributed by atoms with E-state index in [4.69, 9.17) is 4.74 Å². The molecule has 0 saturated carbocycles. The highest BCUT2D eigenvalue weighted by molar-refractivity contribution is 7.12. The van der Waals surface area contributed by atoms with Crippen molar-refractivity contribution < 1.29 is 14.3 Å². The molecule has 6 nitrogen and oxygen atoms in total. The molecule has 3 aromatic rings. The lowest BCUT2D eigenvalue weighted by Gasteiger charge is -2.31. The number of benzene rings is 2. The molecule has 0 bridgehead atoms. The predicted molar refractivity (Wildman–Crippen MR) is 123 cm³/mol. The lowest BCUT2D eigenvalue weighted by molar-refractivity contribution is 0.0332. The lowest BCUT2D eigenvalue weighted by atomic mass is 10.1. The molecule has 31 heavy (non-hydrogen) atoms. The van der Waals surface area contributed by atoms with E-state index in [1.807, 2.05) is 41.8 Å². The number of amides is 2. The fourth-order valence-electron chi connectivity index (χ4n) is 3.51. The minimum Gasteiger partial charge on any atom is -0.379 e. The number of carbonyl (C=O) groups is 2. The highest BCUT2D eigenvalue weighted by Gasteiger charge is 2.20. The number of nitrogens with zero attached hydrogens (tertiary/aromatic N) is 1. The zero-order chi connectivity index (χ0) is 21.5. The molecule has 1 aromatic heterocycles. The van der Waals surface area contributed by atoms with Gasteiger partial charge in [-0.2, -0.15) is 0 Å². The van der Waals surface area contributed by atoms with Crippen molar-refractivity contribution in [2.45, 2.75) is 6.04 Å². The maximum absolute atomic E-state index is 13.0. The second-order valence-corrected chi connectivity index (χ2v) is 8.31. The van der Waals surface area contributed by atoms with Crippen LogP contribution in [0.4, 0.5) is 5.69 Å². The standard InChI is InChI=1S/C24H25N3O3S/c28-23(19-8-10-20(11-9-19)25-24(29)22-7-4-16-31-22)26-21(18-5-2-1-3-6-18)17-27-12-14-30-15-13-27/h1-11,16,21H,12-15,17H2,(H,25,29)(H,26,28). The summed E-state index contributed by atoms with van der Waals surface area (Å²) >= 11 is 1.39. The molecule has 4 rings (SSSR count). The smallest absolute Gasteiger partial charge is 0.265 e. The van der Waals surface area contributed by atoms with Gasteiger partial charge in [-0.15, -0.1) is 11.3 Å². The zero-order valence-electron chi connectivity index (χ0n) is 17.1. The van der Waals surface area contributed by atoms with Gasteiger partial charge in [-0.1, -0.05) is 36.4 Å². The van der Waals surface area contributed by atoms with Crippen molar-refractivity contribution in [3.63, 3.8) is 0 Å². The molecule has 1 aliphatic heterocycles. The molecule has 0 spiro atoms. The third-order valence-electron chi connectivity index (χ3n) is 5.20. The van der Waals surface area contributed by atoms with E-state index in [2.05, 4.69) is 15.5 Å². The number of thiophene rings is 1. The van der Waals surface area contributed by atoms with Gasteiger partial charge in [0.25, 0.3) is 11.8 Å². The summed E-state index contributed by atoms with van der Waals surface area (Å²) in [5.74, 6) is -0.292. The molecule has 2 N–H and O–H groups in total. The number of rotatable bonds is 7. The largest absolute Gasteiger partial charge is 0.379 e. The molecule has 2 amide bonds. The molecule has 1 unspecified atom stereocenters. The van der Waals surface area contributed by atoms with Crippen LogP contribution < -0.4 is 10.6 Å². The Balaban J connectivity index is 1.42. The fourth-order valence-corrected chi connectivity index (χ4v) is 4.13. The van der Waals surface area contributed by atoms with Gasteiger partial charge in [-0.25, -0.2) is 0 Å². The van der Waals surface area contributed by atoms with Crippen molar-refractivity contribution in [2.24, 2.45) is 0 Å². The average molecular weight is 436 g/mol. The molecule has 160 valence electrons. The van der Waals surface area contributed by atoms with Gasteiger partial charge < -0.3 is 15.4 Å². The normalized spacial score (nSPS) is 15.2. The Morgan fingerprint density at radius 1 is 0.935 bits per heavy atom. The summed E-state index contributed by atoms with van der Waals surface area (Å²) in [6.45, 7) is 3.88. The van der Waals surface area contributed by atoms with Crippen LogP contribution in [0.15, 0.2) is 72.1 Å². The first kappa shape index (κ1) is 21.2. The topological polar surface area (TPSA) is 70.7 Å². The molecule has 0 radical (unpaired) electrons. The molecule has 0 aliphatic carbocycles. The Labute approximate surface area is 185 Å². The minimum absolute atomic E-state index is 0.120. The highest BCUT2D eigenvalue weighted by atomic mass is 32.1. The number of hydrogen-bond acceptors (Lipinski definition) is 5. The van der Waals surface area contributed by atoms with E-state index < -0.39 is 0 Å². The number of ether oxygens (including phenoxy) is 1. The fraction of sp³-hybridized carbons (Fsp3) is 0.250. The van der Waals surface area contributed by atoms with Crippen molar-refractivity contribution in [1.82, 2.24) is 10.2 Å². The number of morpholine rings is 1. The summed E-state index contributed by atoms with van der Waals surface area (Å²) in [7, 11) is 0. The monoisotopic (exact) mass is 435 g/mol.